The van der Waals surface area contributed by atoms with Crippen molar-refractivity contribution in [2.45, 2.75) is 47.2 Å². The van der Waals surface area contributed by atoms with Crippen molar-refractivity contribution in [3.05, 3.63) is 0 Å². The first-order chi connectivity index (χ1) is 9.32. The van der Waals surface area contributed by atoms with Gasteiger partial charge in [-0.3, -0.25) is 4.79 Å². The second kappa shape index (κ2) is 7.66. The molecule has 7 heteroatoms. The minimum atomic E-state index is -4.59. The lowest BCUT2D eigenvalue weighted by Crippen LogP contribution is -2.30. The van der Waals surface area contributed by atoms with Crippen LogP contribution in [-0.4, -0.2) is 31.3 Å². The number of esters is 2. The third-order valence-corrected chi connectivity index (χ3v) is 2.67. The number of carbonyl (C=O) groups is 2. The highest BCUT2D eigenvalue weighted by molar-refractivity contribution is 5.78. The van der Waals surface area contributed by atoms with Crippen molar-refractivity contribution >= 4 is 11.9 Å². The standard InChI is InChI=1S/C14H23F3O4/c1-9(2)10(6-13(3,4)5)12(19)20-7-11(18)21-8-14(15,16)17/h9-10H,6-8H2,1-5H3. The van der Waals surface area contributed by atoms with Crippen molar-refractivity contribution in [1.82, 2.24) is 0 Å². The van der Waals surface area contributed by atoms with E-state index >= 15 is 0 Å². The Hall–Kier alpha value is -1.27. The molecule has 0 bridgehead atoms. The Kier molecular flexibility index (Phi) is 7.19. The van der Waals surface area contributed by atoms with Crippen LogP contribution in [0.25, 0.3) is 0 Å². The summed E-state index contributed by atoms with van der Waals surface area (Å²) in [4.78, 5) is 23.0. The Labute approximate surface area is 123 Å². The molecule has 0 saturated carbocycles. The van der Waals surface area contributed by atoms with Crippen LogP contribution in [0.15, 0.2) is 0 Å². The maximum absolute atomic E-state index is 11.9. The highest BCUT2D eigenvalue weighted by Gasteiger charge is 2.31. The molecular weight excluding hydrogens is 289 g/mol. The molecule has 0 aromatic carbocycles. The van der Waals surface area contributed by atoms with Gasteiger partial charge < -0.3 is 9.47 Å². The van der Waals surface area contributed by atoms with Crippen LogP contribution < -0.4 is 0 Å². The van der Waals surface area contributed by atoms with E-state index in [-0.39, 0.29) is 11.3 Å². The molecule has 1 unspecified atom stereocenters. The van der Waals surface area contributed by atoms with Gasteiger partial charge in [-0.25, -0.2) is 4.79 Å². The fourth-order valence-electron chi connectivity index (χ4n) is 1.69. The molecule has 0 N–H and O–H groups in total. The monoisotopic (exact) mass is 312 g/mol. The van der Waals surface area contributed by atoms with Crippen LogP contribution >= 0.6 is 0 Å². The van der Waals surface area contributed by atoms with Crippen molar-refractivity contribution < 1.29 is 32.2 Å². The number of halogens is 3. The van der Waals surface area contributed by atoms with Gasteiger partial charge in [0.2, 0.25) is 0 Å². The first-order valence-corrected chi connectivity index (χ1v) is 6.71. The van der Waals surface area contributed by atoms with E-state index in [2.05, 4.69) is 4.74 Å². The molecule has 0 aliphatic heterocycles. The Balaban J connectivity index is 4.35. The number of ether oxygens (including phenoxy) is 2. The van der Waals surface area contributed by atoms with Gasteiger partial charge in [-0.1, -0.05) is 34.6 Å². The molecule has 0 aliphatic carbocycles. The number of hydrogen-bond acceptors (Lipinski definition) is 4. The summed E-state index contributed by atoms with van der Waals surface area (Å²) in [6.45, 7) is 7.11. The number of rotatable bonds is 6. The summed E-state index contributed by atoms with van der Waals surface area (Å²) in [6.07, 6.45) is -4.03. The summed E-state index contributed by atoms with van der Waals surface area (Å²) in [5, 5.41) is 0. The maximum Gasteiger partial charge on any atom is 0.422 e. The third-order valence-electron chi connectivity index (χ3n) is 2.67. The van der Waals surface area contributed by atoms with Gasteiger partial charge in [0.15, 0.2) is 13.2 Å². The van der Waals surface area contributed by atoms with E-state index < -0.39 is 37.2 Å². The van der Waals surface area contributed by atoms with E-state index in [9.17, 15) is 22.8 Å². The predicted octanol–water partition coefficient (Wildman–Crippen LogP) is 3.34. The molecule has 0 fully saturated rings. The van der Waals surface area contributed by atoms with Crippen LogP contribution in [0, 0.1) is 17.3 Å². The van der Waals surface area contributed by atoms with Crippen LogP contribution in [-0.2, 0) is 19.1 Å². The van der Waals surface area contributed by atoms with Crippen LogP contribution in [0.4, 0.5) is 13.2 Å². The Morgan fingerprint density at radius 1 is 1.05 bits per heavy atom. The summed E-state index contributed by atoms with van der Waals surface area (Å²) in [7, 11) is 0. The minimum absolute atomic E-state index is 0.00270. The summed E-state index contributed by atoms with van der Waals surface area (Å²) < 4.78 is 44.3. The molecule has 0 spiro atoms. The smallest absolute Gasteiger partial charge is 0.422 e. The summed E-state index contributed by atoms with van der Waals surface area (Å²) in [5.41, 5.74) is -0.106. The van der Waals surface area contributed by atoms with Gasteiger partial charge in [0.05, 0.1) is 5.92 Å². The number of hydrogen-bond donors (Lipinski definition) is 0. The van der Waals surface area contributed by atoms with E-state index in [4.69, 9.17) is 4.74 Å². The molecule has 1 atom stereocenters. The van der Waals surface area contributed by atoms with Crippen LogP contribution in [0.2, 0.25) is 0 Å². The number of carbonyl (C=O) groups excluding carboxylic acids is 2. The topological polar surface area (TPSA) is 52.6 Å². The van der Waals surface area contributed by atoms with Crippen molar-refractivity contribution in [3.63, 3.8) is 0 Å². The van der Waals surface area contributed by atoms with Gasteiger partial charge in [-0.05, 0) is 17.8 Å². The van der Waals surface area contributed by atoms with E-state index in [0.29, 0.717) is 6.42 Å². The molecule has 0 saturated heterocycles. The average Bonchev–Trinajstić information content (AvgIpc) is 2.28. The SMILES string of the molecule is CC(C)C(CC(C)(C)C)C(=O)OCC(=O)OCC(F)(F)F. The summed E-state index contributed by atoms with van der Waals surface area (Å²) >= 11 is 0. The zero-order chi connectivity index (χ0) is 16.8. The van der Waals surface area contributed by atoms with Gasteiger partial charge in [0, 0.05) is 0 Å². The highest BCUT2D eigenvalue weighted by atomic mass is 19.4. The predicted molar refractivity (Wildman–Crippen MR) is 70.4 cm³/mol. The molecular formula is C14H23F3O4. The van der Waals surface area contributed by atoms with E-state index in [1.54, 1.807) is 0 Å². The molecule has 0 rings (SSSR count). The fourth-order valence-corrected chi connectivity index (χ4v) is 1.69. The quantitative estimate of drug-likeness (QED) is 0.706. The largest absolute Gasteiger partial charge is 0.454 e. The van der Waals surface area contributed by atoms with E-state index in [1.165, 1.54) is 0 Å². The first kappa shape index (κ1) is 19.7. The maximum atomic E-state index is 11.9. The van der Waals surface area contributed by atoms with Crippen molar-refractivity contribution in [2.75, 3.05) is 13.2 Å². The lowest BCUT2D eigenvalue weighted by Gasteiger charge is -2.27. The molecule has 21 heavy (non-hydrogen) atoms. The minimum Gasteiger partial charge on any atom is -0.454 e. The summed E-state index contributed by atoms with van der Waals surface area (Å²) in [6, 6.07) is 0. The van der Waals surface area contributed by atoms with Crippen LogP contribution in [0.1, 0.15) is 41.0 Å². The van der Waals surface area contributed by atoms with Gasteiger partial charge in [-0.15, -0.1) is 0 Å². The lowest BCUT2D eigenvalue weighted by atomic mass is 9.80. The Morgan fingerprint density at radius 2 is 1.57 bits per heavy atom. The first-order valence-electron chi connectivity index (χ1n) is 6.71. The molecule has 0 heterocycles. The highest BCUT2D eigenvalue weighted by Crippen LogP contribution is 2.29. The van der Waals surface area contributed by atoms with Crippen LogP contribution in [0.5, 0.6) is 0 Å². The van der Waals surface area contributed by atoms with Gasteiger partial charge in [0.1, 0.15) is 0 Å². The van der Waals surface area contributed by atoms with E-state index in [1.807, 2.05) is 34.6 Å². The second-order valence-corrected chi connectivity index (χ2v) is 6.50. The Morgan fingerprint density at radius 3 is 1.95 bits per heavy atom. The molecule has 4 nitrogen and oxygen atoms in total. The molecule has 0 amide bonds. The van der Waals surface area contributed by atoms with Crippen LogP contribution in [0.3, 0.4) is 0 Å². The molecule has 0 aromatic heterocycles. The Bertz CT molecular complexity index is 356. The summed E-state index contributed by atoms with van der Waals surface area (Å²) in [5.74, 6) is -2.22. The fraction of sp³-hybridized carbons (Fsp3) is 0.857. The van der Waals surface area contributed by atoms with Gasteiger partial charge in [0.25, 0.3) is 0 Å². The third kappa shape index (κ3) is 10.1. The zero-order valence-electron chi connectivity index (χ0n) is 13.0. The van der Waals surface area contributed by atoms with Crippen molar-refractivity contribution in [1.29, 1.82) is 0 Å². The van der Waals surface area contributed by atoms with Gasteiger partial charge >= 0.3 is 18.1 Å². The van der Waals surface area contributed by atoms with Crippen molar-refractivity contribution in [2.24, 2.45) is 17.3 Å². The number of alkyl halides is 3. The average molecular weight is 312 g/mol. The van der Waals surface area contributed by atoms with Crippen molar-refractivity contribution in [3.8, 4) is 0 Å². The van der Waals surface area contributed by atoms with E-state index in [0.717, 1.165) is 0 Å². The molecule has 0 aromatic rings. The second-order valence-electron chi connectivity index (χ2n) is 6.50. The molecule has 0 radical (unpaired) electrons. The van der Waals surface area contributed by atoms with Gasteiger partial charge in [-0.2, -0.15) is 13.2 Å². The molecule has 124 valence electrons. The normalized spacial score (nSPS) is 14.0. The zero-order valence-corrected chi connectivity index (χ0v) is 13.0. The molecule has 0 aliphatic rings. The lowest BCUT2D eigenvalue weighted by molar-refractivity contribution is -0.190.